The molecule has 2 nitrogen and oxygen atoms in total. The highest BCUT2D eigenvalue weighted by atomic mass is 19.1. The van der Waals surface area contributed by atoms with Crippen LogP contribution in [0.2, 0.25) is 0 Å². The summed E-state index contributed by atoms with van der Waals surface area (Å²) in [7, 11) is 0. The summed E-state index contributed by atoms with van der Waals surface area (Å²) >= 11 is 0. The minimum Gasteiger partial charge on any atom is -0.369 e. The molecule has 18 heavy (non-hydrogen) atoms. The molecule has 2 N–H and O–H groups in total. The zero-order valence-corrected chi connectivity index (χ0v) is 11.3. The zero-order valence-electron chi connectivity index (χ0n) is 11.3. The third-order valence-corrected chi connectivity index (χ3v) is 4.07. The van der Waals surface area contributed by atoms with Crippen LogP contribution in [-0.4, -0.2) is 13.1 Å². The van der Waals surface area contributed by atoms with Crippen molar-refractivity contribution < 1.29 is 4.39 Å². The smallest absolute Gasteiger partial charge is 0.146 e. The average molecular weight is 250 g/mol. The van der Waals surface area contributed by atoms with E-state index in [0.717, 1.165) is 49.0 Å². The van der Waals surface area contributed by atoms with Crippen molar-refractivity contribution in [1.29, 1.82) is 0 Å². The lowest BCUT2D eigenvalue weighted by molar-refractivity contribution is 0.310. The average Bonchev–Trinajstić information content (AvgIpc) is 2.38. The monoisotopic (exact) mass is 250 g/mol. The minimum atomic E-state index is -0.138. The van der Waals surface area contributed by atoms with Gasteiger partial charge in [-0.2, -0.15) is 0 Å². The lowest BCUT2D eigenvalue weighted by atomic mass is 9.86. The highest BCUT2D eigenvalue weighted by molar-refractivity contribution is 5.49. The number of piperidine rings is 1. The summed E-state index contributed by atoms with van der Waals surface area (Å²) in [6, 6.07) is 5.35. The van der Waals surface area contributed by atoms with Gasteiger partial charge in [-0.25, -0.2) is 4.39 Å². The van der Waals surface area contributed by atoms with Crippen LogP contribution >= 0.6 is 0 Å². The van der Waals surface area contributed by atoms with Crippen molar-refractivity contribution in [2.24, 2.45) is 17.6 Å². The fourth-order valence-electron chi connectivity index (χ4n) is 2.74. The summed E-state index contributed by atoms with van der Waals surface area (Å²) in [4.78, 5) is 2.16. The Morgan fingerprint density at radius 3 is 2.50 bits per heavy atom. The van der Waals surface area contributed by atoms with Gasteiger partial charge in [0.15, 0.2) is 0 Å². The van der Waals surface area contributed by atoms with Crippen LogP contribution in [0.25, 0.3) is 0 Å². The molecule has 1 aromatic carbocycles. The van der Waals surface area contributed by atoms with Crippen molar-refractivity contribution >= 4 is 5.69 Å². The van der Waals surface area contributed by atoms with Gasteiger partial charge in [-0.1, -0.05) is 19.9 Å². The van der Waals surface area contributed by atoms with Crippen molar-refractivity contribution in [1.82, 2.24) is 0 Å². The molecule has 1 aliphatic heterocycles. The minimum absolute atomic E-state index is 0.138. The second kappa shape index (κ2) is 5.70. The quantitative estimate of drug-likeness (QED) is 0.893. The van der Waals surface area contributed by atoms with Gasteiger partial charge < -0.3 is 10.6 Å². The van der Waals surface area contributed by atoms with Gasteiger partial charge in [0.1, 0.15) is 5.82 Å². The van der Waals surface area contributed by atoms with Crippen molar-refractivity contribution in [2.75, 3.05) is 18.0 Å². The Morgan fingerprint density at radius 2 is 2.00 bits per heavy atom. The number of benzene rings is 1. The second-order valence-electron chi connectivity index (χ2n) is 5.56. The number of anilines is 1. The van der Waals surface area contributed by atoms with E-state index in [1.165, 1.54) is 0 Å². The van der Waals surface area contributed by atoms with Gasteiger partial charge in [-0.3, -0.25) is 0 Å². The third kappa shape index (κ3) is 2.83. The Bertz CT molecular complexity index is 395. The molecule has 0 amide bonds. The molecule has 1 fully saturated rings. The summed E-state index contributed by atoms with van der Waals surface area (Å²) in [6.45, 7) is 6.87. The molecule has 0 atom stereocenters. The molecule has 0 aromatic heterocycles. The second-order valence-corrected chi connectivity index (χ2v) is 5.56. The Balaban J connectivity index is 2.05. The molecule has 1 saturated heterocycles. The number of halogens is 1. The van der Waals surface area contributed by atoms with E-state index in [9.17, 15) is 4.39 Å². The van der Waals surface area contributed by atoms with E-state index >= 15 is 0 Å². The van der Waals surface area contributed by atoms with Crippen molar-refractivity contribution in [3.8, 4) is 0 Å². The van der Waals surface area contributed by atoms with E-state index in [-0.39, 0.29) is 5.82 Å². The molecule has 0 spiro atoms. The van der Waals surface area contributed by atoms with Gasteiger partial charge in [0.2, 0.25) is 0 Å². The largest absolute Gasteiger partial charge is 0.369 e. The van der Waals surface area contributed by atoms with Crippen molar-refractivity contribution in [3.05, 3.63) is 29.6 Å². The summed E-state index contributed by atoms with van der Waals surface area (Å²) in [5.41, 5.74) is 7.10. The fraction of sp³-hybridized carbons (Fsp3) is 0.600. The summed E-state index contributed by atoms with van der Waals surface area (Å²) in [6.07, 6.45) is 2.32. The van der Waals surface area contributed by atoms with Gasteiger partial charge in [0.25, 0.3) is 0 Å². The molecule has 0 radical (unpaired) electrons. The molecule has 1 heterocycles. The maximum atomic E-state index is 14.0. The fourth-order valence-corrected chi connectivity index (χ4v) is 2.74. The SMILES string of the molecule is CC(C)C1CCN(c2ccc(CN)cc2F)CC1. The van der Waals surface area contributed by atoms with Crippen LogP contribution in [0.4, 0.5) is 10.1 Å². The van der Waals surface area contributed by atoms with E-state index in [1.54, 1.807) is 6.07 Å². The number of hydrogen-bond donors (Lipinski definition) is 1. The van der Waals surface area contributed by atoms with Crippen LogP contribution in [0, 0.1) is 17.7 Å². The van der Waals surface area contributed by atoms with Crippen LogP contribution in [0.3, 0.4) is 0 Å². The van der Waals surface area contributed by atoms with Crippen LogP contribution in [0.15, 0.2) is 18.2 Å². The Kier molecular flexibility index (Phi) is 4.23. The first-order valence-corrected chi connectivity index (χ1v) is 6.85. The summed E-state index contributed by atoms with van der Waals surface area (Å²) < 4.78 is 14.0. The predicted octanol–water partition coefficient (Wildman–Crippen LogP) is 3.16. The van der Waals surface area contributed by atoms with E-state index in [0.29, 0.717) is 6.54 Å². The first kappa shape index (κ1) is 13.3. The first-order valence-electron chi connectivity index (χ1n) is 6.85. The molecule has 0 saturated carbocycles. The van der Waals surface area contributed by atoms with Crippen LogP contribution in [-0.2, 0) is 6.54 Å². The van der Waals surface area contributed by atoms with E-state index < -0.39 is 0 Å². The summed E-state index contributed by atoms with van der Waals surface area (Å²) in [5.74, 6) is 1.38. The van der Waals surface area contributed by atoms with Gasteiger partial charge in [0.05, 0.1) is 5.69 Å². The maximum Gasteiger partial charge on any atom is 0.146 e. The van der Waals surface area contributed by atoms with Crippen LogP contribution in [0.5, 0.6) is 0 Å². The van der Waals surface area contributed by atoms with Crippen LogP contribution < -0.4 is 10.6 Å². The van der Waals surface area contributed by atoms with Crippen molar-refractivity contribution in [3.63, 3.8) is 0 Å². The number of hydrogen-bond acceptors (Lipinski definition) is 2. The normalized spacial score (nSPS) is 17.5. The first-order chi connectivity index (χ1) is 8.61. The molecule has 3 heteroatoms. The lowest BCUT2D eigenvalue weighted by Crippen LogP contribution is -2.35. The Morgan fingerprint density at radius 1 is 1.33 bits per heavy atom. The van der Waals surface area contributed by atoms with Crippen LogP contribution in [0.1, 0.15) is 32.3 Å². The number of rotatable bonds is 3. The predicted molar refractivity (Wildman–Crippen MR) is 74.1 cm³/mol. The zero-order chi connectivity index (χ0) is 13.1. The molecule has 1 aliphatic rings. The lowest BCUT2D eigenvalue weighted by Gasteiger charge is -2.35. The molecule has 100 valence electrons. The van der Waals surface area contributed by atoms with Gasteiger partial charge in [-0.15, -0.1) is 0 Å². The Labute approximate surface area is 109 Å². The van der Waals surface area contributed by atoms with E-state index in [4.69, 9.17) is 5.73 Å². The van der Waals surface area contributed by atoms with E-state index in [2.05, 4.69) is 18.7 Å². The topological polar surface area (TPSA) is 29.3 Å². The molecular formula is C15H23FN2. The highest BCUT2D eigenvalue weighted by Gasteiger charge is 2.23. The molecule has 1 aromatic rings. The standard InChI is InChI=1S/C15H23FN2/c1-11(2)13-5-7-18(8-6-13)15-4-3-12(10-17)9-14(15)16/h3-4,9,11,13H,5-8,10,17H2,1-2H3. The summed E-state index contributed by atoms with van der Waals surface area (Å²) in [5, 5.41) is 0. The van der Waals surface area contributed by atoms with Gasteiger partial charge in [-0.05, 0) is 42.4 Å². The molecule has 0 aliphatic carbocycles. The van der Waals surface area contributed by atoms with Gasteiger partial charge in [0, 0.05) is 19.6 Å². The van der Waals surface area contributed by atoms with Crippen molar-refractivity contribution in [2.45, 2.75) is 33.2 Å². The maximum absolute atomic E-state index is 14.0. The molecular weight excluding hydrogens is 227 g/mol. The number of nitrogens with zero attached hydrogens (tertiary/aromatic N) is 1. The van der Waals surface area contributed by atoms with Gasteiger partial charge >= 0.3 is 0 Å². The third-order valence-electron chi connectivity index (χ3n) is 4.07. The Hall–Kier alpha value is -1.09. The van der Waals surface area contributed by atoms with E-state index in [1.807, 2.05) is 12.1 Å². The molecule has 0 unspecified atom stereocenters. The molecule has 0 bridgehead atoms. The highest BCUT2D eigenvalue weighted by Crippen LogP contribution is 2.29. The number of nitrogens with two attached hydrogens (primary N) is 1. The molecule has 2 rings (SSSR count).